The van der Waals surface area contributed by atoms with E-state index in [-0.39, 0.29) is 5.56 Å². The largest absolute Gasteiger partial charge is 0.496 e. The van der Waals surface area contributed by atoms with E-state index in [1.807, 2.05) is 25.1 Å². The van der Waals surface area contributed by atoms with Crippen LogP contribution in [0, 0.1) is 12.7 Å². The van der Waals surface area contributed by atoms with Crippen molar-refractivity contribution in [2.24, 2.45) is 0 Å². The maximum absolute atomic E-state index is 14.0. The third-order valence-corrected chi connectivity index (χ3v) is 3.47. The van der Waals surface area contributed by atoms with Gasteiger partial charge in [0.05, 0.1) is 12.7 Å². The van der Waals surface area contributed by atoms with Crippen molar-refractivity contribution in [3.63, 3.8) is 0 Å². The zero-order valence-corrected chi connectivity index (χ0v) is 11.8. The lowest BCUT2D eigenvalue weighted by Crippen LogP contribution is -2.04. The molecule has 1 N–H and O–H groups in total. The van der Waals surface area contributed by atoms with E-state index in [1.165, 1.54) is 19.2 Å². The average molecular weight is 286 g/mol. The molecular weight excluding hydrogens is 271 g/mol. The van der Waals surface area contributed by atoms with Gasteiger partial charge in [0.25, 0.3) is 0 Å². The summed E-state index contributed by atoms with van der Waals surface area (Å²) in [5, 5.41) is 11.3. The van der Waals surface area contributed by atoms with Crippen LogP contribution in [-0.2, 0) is 0 Å². The van der Waals surface area contributed by atoms with Crippen molar-refractivity contribution >= 4 is 11.0 Å². The predicted molar refractivity (Wildman–Crippen MR) is 78.0 cm³/mol. The highest BCUT2D eigenvalue weighted by Crippen LogP contribution is 2.34. The second-order valence-corrected chi connectivity index (χ2v) is 4.95. The standard InChI is InChI=1S/C17H15FO3/c1-10-6-7-13-11(8-10)9-15(21-13)17(19)16-12(18)4-3-5-14(16)20-2/h3-9,17,19H,1-2H3. The van der Waals surface area contributed by atoms with Crippen LogP contribution < -0.4 is 4.74 Å². The molecule has 1 heterocycles. The second kappa shape index (κ2) is 5.22. The summed E-state index contributed by atoms with van der Waals surface area (Å²) in [5.74, 6) is 0.0524. The third kappa shape index (κ3) is 2.38. The average Bonchev–Trinajstić information content (AvgIpc) is 2.89. The molecule has 1 unspecified atom stereocenters. The van der Waals surface area contributed by atoms with Crippen molar-refractivity contribution < 1.29 is 18.7 Å². The number of halogens is 1. The molecule has 4 heteroatoms. The molecule has 108 valence electrons. The maximum Gasteiger partial charge on any atom is 0.143 e. The second-order valence-electron chi connectivity index (χ2n) is 4.95. The summed E-state index contributed by atoms with van der Waals surface area (Å²) in [5.41, 5.74) is 1.83. The minimum absolute atomic E-state index is 0.0794. The Balaban J connectivity index is 2.10. The minimum atomic E-state index is -1.21. The van der Waals surface area contributed by atoms with Crippen LogP contribution in [0.4, 0.5) is 4.39 Å². The normalized spacial score (nSPS) is 12.6. The maximum atomic E-state index is 14.0. The van der Waals surface area contributed by atoms with Crippen LogP contribution in [0.1, 0.15) is 23.0 Å². The van der Waals surface area contributed by atoms with Crippen LogP contribution >= 0.6 is 0 Å². The van der Waals surface area contributed by atoms with Crippen LogP contribution in [0.3, 0.4) is 0 Å². The highest BCUT2D eigenvalue weighted by molar-refractivity contribution is 5.78. The summed E-state index contributed by atoms with van der Waals surface area (Å²) in [6, 6.07) is 11.9. The molecule has 0 amide bonds. The van der Waals surface area contributed by atoms with Crippen LogP contribution in [-0.4, -0.2) is 12.2 Å². The molecule has 3 rings (SSSR count). The zero-order valence-electron chi connectivity index (χ0n) is 11.8. The fourth-order valence-electron chi connectivity index (χ4n) is 2.42. The van der Waals surface area contributed by atoms with Crippen molar-refractivity contribution in [3.8, 4) is 5.75 Å². The molecule has 21 heavy (non-hydrogen) atoms. The van der Waals surface area contributed by atoms with Crippen LogP contribution in [0.15, 0.2) is 46.9 Å². The van der Waals surface area contributed by atoms with E-state index in [1.54, 1.807) is 12.1 Å². The number of fused-ring (bicyclic) bond motifs is 1. The Morgan fingerprint density at radius 1 is 1.19 bits per heavy atom. The Morgan fingerprint density at radius 3 is 2.76 bits per heavy atom. The van der Waals surface area contributed by atoms with E-state index < -0.39 is 11.9 Å². The molecular formula is C17H15FO3. The van der Waals surface area contributed by atoms with Gasteiger partial charge in [0, 0.05) is 5.39 Å². The van der Waals surface area contributed by atoms with Crippen molar-refractivity contribution in [2.75, 3.05) is 7.11 Å². The highest BCUT2D eigenvalue weighted by atomic mass is 19.1. The summed E-state index contributed by atoms with van der Waals surface area (Å²) in [6.45, 7) is 1.97. The molecule has 0 saturated heterocycles. The zero-order chi connectivity index (χ0) is 15.0. The first-order valence-corrected chi connectivity index (χ1v) is 6.60. The molecule has 0 fully saturated rings. The number of aliphatic hydroxyl groups is 1. The first-order chi connectivity index (χ1) is 10.1. The number of furan rings is 1. The number of hydrogen-bond acceptors (Lipinski definition) is 3. The lowest BCUT2D eigenvalue weighted by Gasteiger charge is -2.13. The van der Waals surface area contributed by atoms with Crippen molar-refractivity contribution in [3.05, 3.63) is 65.2 Å². The number of benzene rings is 2. The minimum Gasteiger partial charge on any atom is -0.496 e. The number of aliphatic hydroxyl groups excluding tert-OH is 1. The number of rotatable bonds is 3. The molecule has 0 bridgehead atoms. The molecule has 1 aromatic heterocycles. The Bertz CT molecular complexity index is 792. The van der Waals surface area contributed by atoms with Gasteiger partial charge in [-0.15, -0.1) is 0 Å². The number of aryl methyl sites for hydroxylation is 1. The smallest absolute Gasteiger partial charge is 0.143 e. The summed E-state index contributed by atoms with van der Waals surface area (Å²) >= 11 is 0. The van der Waals surface area contributed by atoms with Gasteiger partial charge < -0.3 is 14.3 Å². The summed E-state index contributed by atoms with van der Waals surface area (Å²) < 4.78 is 24.8. The molecule has 0 aliphatic rings. The van der Waals surface area contributed by atoms with Crippen molar-refractivity contribution in [1.82, 2.24) is 0 Å². The lowest BCUT2D eigenvalue weighted by molar-refractivity contribution is 0.182. The first-order valence-electron chi connectivity index (χ1n) is 6.60. The summed E-state index contributed by atoms with van der Waals surface area (Å²) in [4.78, 5) is 0. The topological polar surface area (TPSA) is 42.6 Å². The van der Waals surface area contributed by atoms with Gasteiger partial charge >= 0.3 is 0 Å². The Labute approximate surface area is 121 Å². The van der Waals surface area contributed by atoms with E-state index >= 15 is 0 Å². The van der Waals surface area contributed by atoms with Gasteiger partial charge in [-0.2, -0.15) is 0 Å². The van der Waals surface area contributed by atoms with E-state index in [9.17, 15) is 9.50 Å². The Morgan fingerprint density at radius 2 is 2.00 bits per heavy atom. The highest BCUT2D eigenvalue weighted by Gasteiger charge is 2.23. The van der Waals surface area contributed by atoms with Gasteiger partial charge in [-0.25, -0.2) is 4.39 Å². The fraction of sp³-hybridized carbons (Fsp3) is 0.176. The van der Waals surface area contributed by atoms with Crippen LogP contribution in [0.25, 0.3) is 11.0 Å². The van der Waals surface area contributed by atoms with Gasteiger partial charge in [0.1, 0.15) is 29.0 Å². The van der Waals surface area contributed by atoms with Gasteiger partial charge in [0.2, 0.25) is 0 Å². The van der Waals surface area contributed by atoms with Crippen LogP contribution in [0.5, 0.6) is 5.75 Å². The van der Waals surface area contributed by atoms with E-state index in [0.717, 1.165) is 10.9 Å². The fourth-order valence-corrected chi connectivity index (χ4v) is 2.42. The molecule has 0 aliphatic heterocycles. The summed E-state index contributed by atoms with van der Waals surface area (Å²) in [6.07, 6.45) is -1.21. The third-order valence-electron chi connectivity index (χ3n) is 3.47. The molecule has 3 aromatic rings. The van der Waals surface area contributed by atoms with Gasteiger partial charge in [-0.3, -0.25) is 0 Å². The molecule has 0 spiro atoms. The van der Waals surface area contributed by atoms with E-state index in [0.29, 0.717) is 17.1 Å². The van der Waals surface area contributed by atoms with Crippen LogP contribution in [0.2, 0.25) is 0 Å². The van der Waals surface area contributed by atoms with E-state index in [4.69, 9.17) is 9.15 Å². The van der Waals surface area contributed by atoms with Gasteiger partial charge in [-0.05, 0) is 37.3 Å². The molecule has 3 nitrogen and oxygen atoms in total. The van der Waals surface area contributed by atoms with Gasteiger partial charge in [-0.1, -0.05) is 17.7 Å². The first kappa shape index (κ1) is 13.6. The lowest BCUT2D eigenvalue weighted by atomic mass is 10.0. The molecule has 0 radical (unpaired) electrons. The number of methoxy groups -OCH3 is 1. The Kier molecular flexibility index (Phi) is 3.39. The van der Waals surface area contributed by atoms with Gasteiger partial charge in [0.15, 0.2) is 0 Å². The molecule has 1 atom stereocenters. The molecule has 0 aliphatic carbocycles. The van der Waals surface area contributed by atoms with Crippen molar-refractivity contribution in [1.29, 1.82) is 0 Å². The Hall–Kier alpha value is -2.33. The molecule has 2 aromatic carbocycles. The quantitative estimate of drug-likeness (QED) is 0.792. The predicted octanol–water partition coefficient (Wildman–Crippen LogP) is 3.97. The molecule has 0 saturated carbocycles. The number of hydrogen-bond donors (Lipinski definition) is 1. The monoisotopic (exact) mass is 286 g/mol. The van der Waals surface area contributed by atoms with E-state index in [2.05, 4.69) is 0 Å². The SMILES string of the molecule is COc1cccc(F)c1C(O)c1cc2cc(C)ccc2o1. The number of ether oxygens (including phenoxy) is 1. The van der Waals surface area contributed by atoms with Crippen molar-refractivity contribution in [2.45, 2.75) is 13.0 Å². The summed E-state index contributed by atoms with van der Waals surface area (Å²) in [7, 11) is 1.44.